The second-order valence-corrected chi connectivity index (χ2v) is 4.55. The summed E-state index contributed by atoms with van der Waals surface area (Å²) >= 11 is 0. The minimum absolute atomic E-state index is 0.203. The van der Waals surface area contributed by atoms with Gasteiger partial charge >= 0.3 is 0 Å². The number of nitriles is 1. The van der Waals surface area contributed by atoms with E-state index >= 15 is 0 Å². The van der Waals surface area contributed by atoms with Gasteiger partial charge in [-0.25, -0.2) is 0 Å². The van der Waals surface area contributed by atoms with Gasteiger partial charge in [0.05, 0.1) is 11.6 Å². The molecule has 0 fully saturated rings. The second kappa shape index (κ2) is 6.77. The highest BCUT2D eigenvalue weighted by Crippen LogP contribution is 2.10. The van der Waals surface area contributed by atoms with Crippen LogP contribution in [0.2, 0.25) is 0 Å². The summed E-state index contributed by atoms with van der Waals surface area (Å²) in [6, 6.07) is 8.82. The molecule has 0 aliphatic carbocycles. The third-order valence-electron chi connectivity index (χ3n) is 2.31. The number of ether oxygens (including phenoxy) is 1. The van der Waals surface area contributed by atoms with Crippen molar-refractivity contribution in [1.82, 2.24) is 0 Å². The summed E-state index contributed by atoms with van der Waals surface area (Å²) in [6.07, 6.45) is -0.502. The van der Waals surface area contributed by atoms with Gasteiger partial charge in [-0.1, -0.05) is 19.9 Å². The first-order chi connectivity index (χ1) is 8.52. The van der Waals surface area contributed by atoms with Crippen LogP contribution in [0.3, 0.4) is 0 Å². The maximum absolute atomic E-state index is 11.8. The van der Waals surface area contributed by atoms with Crippen LogP contribution in [0.5, 0.6) is 0 Å². The van der Waals surface area contributed by atoms with Crippen LogP contribution in [0.15, 0.2) is 24.3 Å². The zero-order valence-corrected chi connectivity index (χ0v) is 10.9. The Morgan fingerprint density at radius 3 is 2.78 bits per heavy atom. The molecule has 96 valence electrons. The molecule has 1 unspecified atom stereocenters. The van der Waals surface area contributed by atoms with Gasteiger partial charge in [-0.15, -0.1) is 0 Å². The van der Waals surface area contributed by atoms with Gasteiger partial charge in [0.15, 0.2) is 0 Å². The van der Waals surface area contributed by atoms with E-state index in [0.717, 1.165) is 0 Å². The first-order valence-electron chi connectivity index (χ1n) is 5.95. The number of hydrogen-bond donors (Lipinski definition) is 1. The van der Waals surface area contributed by atoms with E-state index in [1.54, 1.807) is 31.2 Å². The zero-order chi connectivity index (χ0) is 13.5. The molecule has 4 nitrogen and oxygen atoms in total. The molecule has 1 aromatic rings. The fraction of sp³-hybridized carbons (Fsp3) is 0.429. The van der Waals surface area contributed by atoms with Crippen molar-refractivity contribution in [3.05, 3.63) is 29.8 Å². The molecule has 0 saturated carbocycles. The Balaban J connectivity index is 2.56. The number of nitrogens with one attached hydrogen (secondary N) is 1. The van der Waals surface area contributed by atoms with Crippen LogP contribution in [0, 0.1) is 17.2 Å². The molecule has 1 N–H and O–H groups in total. The van der Waals surface area contributed by atoms with Crippen LogP contribution in [0.25, 0.3) is 0 Å². The highest BCUT2D eigenvalue weighted by atomic mass is 16.5. The predicted octanol–water partition coefficient (Wildman–Crippen LogP) is 2.56. The van der Waals surface area contributed by atoms with Gasteiger partial charge in [0.2, 0.25) is 0 Å². The topological polar surface area (TPSA) is 62.1 Å². The van der Waals surface area contributed by atoms with Gasteiger partial charge in [-0.05, 0) is 31.0 Å². The van der Waals surface area contributed by atoms with Crippen LogP contribution >= 0.6 is 0 Å². The quantitative estimate of drug-likeness (QED) is 0.868. The standard InChI is InChI=1S/C14H18N2O2/c1-10(2)9-18-11(3)14(17)16-13-6-4-5-12(7-13)8-15/h4-7,10-11H,9H2,1-3H3,(H,16,17). The van der Waals surface area contributed by atoms with E-state index in [0.29, 0.717) is 23.8 Å². The van der Waals surface area contributed by atoms with Crippen LogP contribution in [-0.2, 0) is 9.53 Å². The Morgan fingerprint density at radius 2 is 2.17 bits per heavy atom. The Kier molecular flexibility index (Phi) is 5.34. The third-order valence-corrected chi connectivity index (χ3v) is 2.31. The van der Waals surface area contributed by atoms with E-state index in [-0.39, 0.29) is 5.91 Å². The largest absolute Gasteiger partial charge is 0.368 e. The molecular formula is C14H18N2O2. The van der Waals surface area contributed by atoms with Gasteiger partial charge in [-0.2, -0.15) is 5.26 Å². The Morgan fingerprint density at radius 1 is 1.44 bits per heavy atom. The van der Waals surface area contributed by atoms with Crippen LogP contribution in [0.4, 0.5) is 5.69 Å². The second-order valence-electron chi connectivity index (χ2n) is 4.55. The summed E-state index contributed by atoms with van der Waals surface area (Å²) in [5.41, 5.74) is 1.13. The van der Waals surface area contributed by atoms with E-state index in [4.69, 9.17) is 10.00 Å². The lowest BCUT2D eigenvalue weighted by atomic mass is 10.2. The average molecular weight is 246 g/mol. The molecule has 1 rings (SSSR count). The predicted molar refractivity (Wildman–Crippen MR) is 70.0 cm³/mol. The van der Waals surface area contributed by atoms with E-state index in [2.05, 4.69) is 5.32 Å². The molecule has 4 heteroatoms. The van der Waals surface area contributed by atoms with Crippen LogP contribution in [0.1, 0.15) is 26.3 Å². The average Bonchev–Trinajstić information content (AvgIpc) is 2.36. The van der Waals surface area contributed by atoms with Crippen molar-refractivity contribution in [3.63, 3.8) is 0 Å². The van der Waals surface area contributed by atoms with E-state index < -0.39 is 6.10 Å². The van der Waals surface area contributed by atoms with Crippen molar-refractivity contribution in [2.45, 2.75) is 26.9 Å². The van der Waals surface area contributed by atoms with Gasteiger partial charge < -0.3 is 10.1 Å². The zero-order valence-electron chi connectivity index (χ0n) is 10.9. The lowest BCUT2D eigenvalue weighted by Crippen LogP contribution is -2.28. The molecule has 0 bridgehead atoms. The van der Waals surface area contributed by atoms with Crippen molar-refractivity contribution in [1.29, 1.82) is 5.26 Å². The Labute approximate surface area is 108 Å². The lowest BCUT2D eigenvalue weighted by Gasteiger charge is -2.14. The normalized spacial score (nSPS) is 11.9. The number of nitrogens with zero attached hydrogens (tertiary/aromatic N) is 1. The molecule has 0 heterocycles. The minimum atomic E-state index is -0.502. The molecule has 0 saturated heterocycles. The SMILES string of the molecule is CC(C)COC(C)C(=O)Nc1cccc(C#N)c1. The smallest absolute Gasteiger partial charge is 0.253 e. The molecule has 1 amide bonds. The number of hydrogen-bond acceptors (Lipinski definition) is 3. The summed E-state index contributed by atoms with van der Waals surface area (Å²) in [7, 11) is 0. The fourth-order valence-corrected chi connectivity index (χ4v) is 1.32. The van der Waals surface area contributed by atoms with Crippen LogP contribution < -0.4 is 5.32 Å². The first-order valence-corrected chi connectivity index (χ1v) is 5.95. The molecule has 1 atom stereocenters. The van der Waals surface area contributed by atoms with Crippen molar-refractivity contribution < 1.29 is 9.53 Å². The van der Waals surface area contributed by atoms with E-state index in [1.165, 1.54) is 0 Å². The van der Waals surface area contributed by atoms with E-state index in [9.17, 15) is 4.79 Å². The highest BCUT2D eigenvalue weighted by molar-refractivity contribution is 5.94. The number of benzene rings is 1. The highest BCUT2D eigenvalue weighted by Gasteiger charge is 2.14. The Bertz CT molecular complexity index is 449. The lowest BCUT2D eigenvalue weighted by molar-refractivity contribution is -0.126. The molecular weight excluding hydrogens is 228 g/mol. The summed E-state index contributed by atoms with van der Waals surface area (Å²) in [6.45, 7) is 6.32. The third kappa shape index (κ3) is 4.56. The molecule has 0 aliphatic rings. The minimum Gasteiger partial charge on any atom is -0.368 e. The van der Waals surface area contributed by atoms with Crippen molar-refractivity contribution in [2.75, 3.05) is 11.9 Å². The number of anilines is 1. The number of carbonyl (C=O) groups is 1. The Hall–Kier alpha value is -1.86. The molecule has 0 spiro atoms. The summed E-state index contributed by atoms with van der Waals surface area (Å²) < 4.78 is 5.42. The molecule has 1 aromatic carbocycles. The summed E-state index contributed by atoms with van der Waals surface area (Å²) in [5, 5.41) is 11.5. The molecule has 0 aliphatic heterocycles. The molecule has 0 aromatic heterocycles. The number of rotatable bonds is 5. The number of amides is 1. The molecule has 0 radical (unpaired) electrons. The number of carbonyl (C=O) groups excluding carboxylic acids is 1. The maximum Gasteiger partial charge on any atom is 0.253 e. The van der Waals surface area contributed by atoms with Crippen molar-refractivity contribution in [2.24, 2.45) is 5.92 Å². The van der Waals surface area contributed by atoms with Gasteiger partial charge in [0.1, 0.15) is 6.10 Å². The fourth-order valence-electron chi connectivity index (χ4n) is 1.32. The monoisotopic (exact) mass is 246 g/mol. The van der Waals surface area contributed by atoms with Gasteiger partial charge in [0.25, 0.3) is 5.91 Å². The van der Waals surface area contributed by atoms with Crippen molar-refractivity contribution >= 4 is 11.6 Å². The van der Waals surface area contributed by atoms with Gasteiger partial charge in [0, 0.05) is 12.3 Å². The first kappa shape index (κ1) is 14.2. The molecule has 18 heavy (non-hydrogen) atoms. The van der Waals surface area contributed by atoms with E-state index in [1.807, 2.05) is 19.9 Å². The van der Waals surface area contributed by atoms with Crippen LogP contribution in [-0.4, -0.2) is 18.6 Å². The van der Waals surface area contributed by atoms with Crippen molar-refractivity contribution in [3.8, 4) is 6.07 Å². The summed E-state index contributed by atoms with van der Waals surface area (Å²) in [4.78, 5) is 11.8. The van der Waals surface area contributed by atoms with Gasteiger partial charge in [-0.3, -0.25) is 4.79 Å². The maximum atomic E-state index is 11.8. The summed E-state index contributed by atoms with van der Waals surface area (Å²) in [5.74, 6) is 0.188.